The zero-order chi connectivity index (χ0) is 18.8. The Bertz CT molecular complexity index is 913. The normalized spacial score (nSPS) is 17.2. The van der Waals surface area contributed by atoms with Gasteiger partial charge in [0.2, 0.25) is 0 Å². The van der Waals surface area contributed by atoms with Gasteiger partial charge in [-0.2, -0.15) is 0 Å². The maximum atomic E-state index is 11.2. The van der Waals surface area contributed by atoms with Crippen molar-refractivity contribution in [3.63, 3.8) is 0 Å². The van der Waals surface area contributed by atoms with Crippen molar-refractivity contribution in [3.05, 3.63) is 70.0 Å². The lowest BCUT2D eigenvalue weighted by molar-refractivity contribution is -0.384. The Hall–Kier alpha value is -2.77. The summed E-state index contributed by atoms with van der Waals surface area (Å²) < 4.78 is 0. The van der Waals surface area contributed by atoms with E-state index in [4.69, 9.17) is 4.98 Å². The third-order valence-corrected chi connectivity index (χ3v) is 5.22. The van der Waals surface area contributed by atoms with Crippen LogP contribution in [0.4, 0.5) is 5.69 Å². The number of nitrogens with zero attached hydrogens (tertiary/aromatic N) is 3. The van der Waals surface area contributed by atoms with Gasteiger partial charge in [-0.15, -0.1) is 0 Å². The largest absolute Gasteiger partial charge is 0.340 e. The summed E-state index contributed by atoms with van der Waals surface area (Å²) in [5.74, 6) is 0.788. The zero-order valence-corrected chi connectivity index (χ0v) is 15.3. The van der Waals surface area contributed by atoms with Gasteiger partial charge in [-0.25, -0.2) is 4.98 Å². The van der Waals surface area contributed by atoms with Gasteiger partial charge < -0.3 is 15.2 Å². The highest BCUT2D eigenvalue weighted by molar-refractivity contribution is 5.75. The molecule has 1 atom stereocenters. The number of para-hydroxylation sites is 2. The molecule has 0 spiro atoms. The summed E-state index contributed by atoms with van der Waals surface area (Å²) in [7, 11) is 2.13. The van der Waals surface area contributed by atoms with Crippen LogP contribution in [0.2, 0.25) is 0 Å². The van der Waals surface area contributed by atoms with E-state index in [9.17, 15) is 10.1 Å². The third kappa shape index (κ3) is 3.84. The third-order valence-electron chi connectivity index (χ3n) is 5.22. The smallest absolute Gasteiger partial charge is 0.269 e. The molecule has 0 radical (unpaired) electrons. The van der Waals surface area contributed by atoms with Crippen molar-refractivity contribution >= 4 is 16.7 Å². The van der Waals surface area contributed by atoms with E-state index in [0.717, 1.165) is 48.4 Å². The van der Waals surface area contributed by atoms with Crippen molar-refractivity contribution in [1.82, 2.24) is 20.2 Å². The number of piperidine rings is 1. The van der Waals surface area contributed by atoms with Crippen molar-refractivity contribution < 1.29 is 4.92 Å². The van der Waals surface area contributed by atoms with Crippen LogP contribution in [0, 0.1) is 10.1 Å². The first kappa shape index (κ1) is 17.6. The molecule has 140 valence electrons. The number of likely N-dealkylation sites (tertiary alicyclic amines) is 1. The maximum absolute atomic E-state index is 11.2. The number of non-ortho nitro benzene ring substituents is 1. The average molecular weight is 365 g/mol. The summed E-state index contributed by atoms with van der Waals surface area (Å²) in [5, 5.41) is 14.9. The molecular formula is C20H23N5O2. The minimum Gasteiger partial charge on any atom is -0.340 e. The maximum Gasteiger partial charge on any atom is 0.269 e. The molecule has 3 aromatic rings. The molecule has 0 saturated carbocycles. The monoisotopic (exact) mass is 365 g/mol. The predicted molar refractivity (Wildman–Crippen MR) is 105 cm³/mol. The summed E-state index contributed by atoms with van der Waals surface area (Å²) in [6.45, 7) is 2.08. The number of H-pyrrole nitrogens is 1. The fourth-order valence-corrected chi connectivity index (χ4v) is 3.67. The van der Waals surface area contributed by atoms with Gasteiger partial charge in [0.25, 0.3) is 5.69 Å². The highest BCUT2D eigenvalue weighted by atomic mass is 16.6. The fraction of sp³-hybridized carbons (Fsp3) is 0.350. The summed E-state index contributed by atoms with van der Waals surface area (Å²) in [6, 6.07) is 14.8. The van der Waals surface area contributed by atoms with Crippen LogP contribution in [0.5, 0.6) is 0 Å². The molecule has 27 heavy (non-hydrogen) atoms. The van der Waals surface area contributed by atoms with E-state index in [-0.39, 0.29) is 16.7 Å². The van der Waals surface area contributed by atoms with Crippen molar-refractivity contribution in [3.8, 4) is 0 Å². The van der Waals surface area contributed by atoms with Crippen LogP contribution in [0.15, 0.2) is 48.5 Å². The predicted octanol–water partition coefficient (Wildman–Crippen LogP) is 3.24. The second-order valence-corrected chi connectivity index (χ2v) is 7.17. The Morgan fingerprint density at radius 3 is 2.74 bits per heavy atom. The molecule has 2 aromatic carbocycles. The minimum absolute atomic E-state index is 0.0961. The number of nitro groups is 1. The lowest BCUT2D eigenvalue weighted by Crippen LogP contribution is -2.42. The lowest BCUT2D eigenvalue weighted by atomic mass is 10.00. The Kier molecular flexibility index (Phi) is 4.87. The number of hydrogen-bond donors (Lipinski definition) is 2. The van der Waals surface area contributed by atoms with Crippen LogP contribution in [0.25, 0.3) is 11.0 Å². The fourth-order valence-electron chi connectivity index (χ4n) is 3.67. The first-order chi connectivity index (χ1) is 13.1. The minimum atomic E-state index is -0.352. The number of imidazole rings is 1. The first-order valence-corrected chi connectivity index (χ1v) is 9.24. The Morgan fingerprint density at radius 1 is 1.22 bits per heavy atom. The Balaban J connectivity index is 1.70. The van der Waals surface area contributed by atoms with Gasteiger partial charge in [-0.05, 0) is 50.7 Å². The van der Waals surface area contributed by atoms with Crippen LogP contribution < -0.4 is 5.32 Å². The van der Waals surface area contributed by atoms with Crippen LogP contribution in [0.3, 0.4) is 0 Å². The van der Waals surface area contributed by atoms with E-state index in [0.29, 0.717) is 6.04 Å². The van der Waals surface area contributed by atoms with Gasteiger partial charge in [0.1, 0.15) is 5.82 Å². The molecule has 7 nitrogen and oxygen atoms in total. The zero-order valence-electron chi connectivity index (χ0n) is 15.3. The van der Waals surface area contributed by atoms with Crippen molar-refractivity contribution in [2.75, 3.05) is 20.1 Å². The number of aromatic amines is 1. The molecule has 0 aliphatic carbocycles. The van der Waals surface area contributed by atoms with Crippen molar-refractivity contribution in [2.45, 2.75) is 24.9 Å². The van der Waals surface area contributed by atoms with E-state index in [1.807, 2.05) is 30.3 Å². The first-order valence-electron chi connectivity index (χ1n) is 9.24. The number of rotatable bonds is 5. The molecule has 1 aliphatic rings. The summed E-state index contributed by atoms with van der Waals surface area (Å²) in [5.41, 5.74) is 2.81. The molecule has 0 amide bonds. The van der Waals surface area contributed by atoms with E-state index >= 15 is 0 Å². The van der Waals surface area contributed by atoms with Crippen LogP contribution >= 0.6 is 0 Å². The topological polar surface area (TPSA) is 87.1 Å². The molecule has 1 aliphatic heterocycles. The van der Waals surface area contributed by atoms with Gasteiger partial charge in [0.05, 0.1) is 22.0 Å². The molecule has 2 heterocycles. The molecule has 1 fully saturated rings. The second kappa shape index (κ2) is 7.46. The van der Waals surface area contributed by atoms with E-state index in [1.165, 1.54) is 6.07 Å². The highest BCUT2D eigenvalue weighted by Gasteiger charge is 2.25. The molecule has 4 rings (SSSR count). The summed E-state index contributed by atoms with van der Waals surface area (Å²) in [6.07, 6.45) is 2.09. The lowest BCUT2D eigenvalue weighted by Gasteiger charge is -2.32. The Morgan fingerprint density at radius 2 is 2.00 bits per heavy atom. The summed E-state index contributed by atoms with van der Waals surface area (Å²) in [4.78, 5) is 21.3. The number of aromatic nitrogens is 2. The highest BCUT2D eigenvalue weighted by Crippen LogP contribution is 2.27. The van der Waals surface area contributed by atoms with Crippen molar-refractivity contribution in [1.29, 1.82) is 0 Å². The molecule has 1 aromatic heterocycles. The average Bonchev–Trinajstić information content (AvgIpc) is 3.11. The molecule has 1 unspecified atom stereocenters. The van der Waals surface area contributed by atoms with Gasteiger partial charge in [-0.1, -0.05) is 24.3 Å². The number of benzene rings is 2. The standard InChI is InChI=1S/C20H23N5O2/c1-24-11-9-15(10-12-24)21-19(14-5-4-6-16(13-14)25(26)27)20-22-17-7-2-3-8-18(17)23-20/h2-8,13,15,19,21H,9-12H2,1H3,(H,22,23). The molecule has 1 saturated heterocycles. The van der Waals surface area contributed by atoms with Crippen LogP contribution in [-0.2, 0) is 0 Å². The van der Waals surface area contributed by atoms with Crippen molar-refractivity contribution in [2.24, 2.45) is 0 Å². The van der Waals surface area contributed by atoms with E-state index in [2.05, 4.69) is 22.2 Å². The molecule has 2 N–H and O–H groups in total. The van der Waals surface area contributed by atoms with Gasteiger partial charge >= 0.3 is 0 Å². The number of nitro benzene ring substituents is 1. The number of nitrogens with one attached hydrogen (secondary N) is 2. The number of hydrogen-bond acceptors (Lipinski definition) is 5. The Labute approximate surface area is 157 Å². The van der Waals surface area contributed by atoms with Gasteiger partial charge in [0.15, 0.2) is 0 Å². The van der Waals surface area contributed by atoms with E-state index in [1.54, 1.807) is 12.1 Å². The van der Waals surface area contributed by atoms with Gasteiger partial charge in [0, 0.05) is 18.2 Å². The second-order valence-electron chi connectivity index (χ2n) is 7.17. The quantitative estimate of drug-likeness (QED) is 0.535. The van der Waals surface area contributed by atoms with E-state index < -0.39 is 0 Å². The van der Waals surface area contributed by atoms with Gasteiger partial charge in [-0.3, -0.25) is 10.1 Å². The molecule has 7 heteroatoms. The summed E-state index contributed by atoms with van der Waals surface area (Å²) >= 11 is 0. The molecule has 0 bridgehead atoms. The number of fused-ring (bicyclic) bond motifs is 1. The molecular weight excluding hydrogens is 342 g/mol. The van der Waals surface area contributed by atoms with Crippen LogP contribution in [-0.4, -0.2) is 46.0 Å². The van der Waals surface area contributed by atoms with Crippen LogP contribution in [0.1, 0.15) is 30.3 Å². The SMILES string of the molecule is CN1CCC(NC(c2cccc([N+](=O)[O-])c2)c2nc3ccccc3[nH]2)CC1.